The molecule has 0 unspecified atom stereocenters. The summed E-state index contributed by atoms with van der Waals surface area (Å²) in [5.41, 5.74) is 5.01. The predicted octanol–water partition coefficient (Wildman–Crippen LogP) is 10.6. The second-order valence-corrected chi connectivity index (χ2v) is 15.6. The zero-order valence-corrected chi connectivity index (χ0v) is 33.5. The molecule has 8 aromatic carbocycles. The lowest BCUT2D eigenvalue weighted by Gasteiger charge is -2.14. The number of hydrogen-bond acceptors (Lipinski definition) is 12. The minimum absolute atomic E-state index is 0.244. The van der Waals surface area contributed by atoms with E-state index in [0.717, 1.165) is 21.9 Å². The third kappa shape index (κ3) is 5.12. The Kier molecular flexibility index (Phi) is 7.77. The van der Waals surface area contributed by atoms with Gasteiger partial charge >= 0.3 is 0 Å². The van der Waals surface area contributed by atoms with Gasteiger partial charge in [0.25, 0.3) is 0 Å². The molecule has 65 heavy (non-hydrogen) atoms. The molecule has 0 spiro atoms. The van der Waals surface area contributed by atoms with Gasteiger partial charge in [0.15, 0.2) is 40.5 Å². The highest BCUT2D eigenvalue weighted by Gasteiger charge is 2.33. The molecule has 0 aliphatic rings. The minimum Gasteiger partial charge on any atom is -0.504 e. The van der Waals surface area contributed by atoms with Crippen molar-refractivity contribution in [1.29, 1.82) is 0 Å². The Bertz CT molecular complexity index is 3860. The van der Waals surface area contributed by atoms with Gasteiger partial charge in [0.05, 0.1) is 38.6 Å². The molecule has 4 heterocycles. The molecular weight excluding hydrogens is 827 g/mol. The summed E-state index contributed by atoms with van der Waals surface area (Å²) < 4.78 is 9.88. The maximum atomic E-state index is 11.5. The summed E-state index contributed by atoms with van der Waals surface area (Å²) in [6.07, 6.45) is 0. The van der Waals surface area contributed by atoms with Crippen molar-refractivity contribution in [3.63, 3.8) is 0 Å². The Morgan fingerprint density at radius 2 is 0.800 bits per heavy atom. The zero-order chi connectivity index (χ0) is 44.4. The topological polar surface area (TPSA) is 224 Å². The number of nitrogens with zero attached hydrogens (tertiary/aromatic N) is 5. The summed E-state index contributed by atoms with van der Waals surface area (Å²) in [7, 11) is 0. The first-order valence-corrected chi connectivity index (χ1v) is 20.3. The van der Waals surface area contributed by atoms with Gasteiger partial charge in [-0.25, -0.2) is 15.0 Å². The van der Waals surface area contributed by atoms with Crippen LogP contribution >= 0.6 is 0 Å². The van der Waals surface area contributed by atoms with Crippen molar-refractivity contribution in [2.75, 3.05) is 0 Å². The Labute approximate surface area is 364 Å². The lowest BCUT2D eigenvalue weighted by atomic mass is 10.0. The van der Waals surface area contributed by atoms with E-state index in [1.54, 1.807) is 12.1 Å². The minimum atomic E-state index is -1.11. The van der Waals surface area contributed by atoms with E-state index in [0.29, 0.717) is 61.7 Å². The number of benzene rings is 8. The second kappa shape index (κ2) is 13.5. The first-order valence-electron chi connectivity index (χ1n) is 20.3. The zero-order valence-electron chi connectivity index (χ0n) is 33.5. The van der Waals surface area contributed by atoms with Crippen molar-refractivity contribution >= 4 is 65.6 Å². The van der Waals surface area contributed by atoms with Gasteiger partial charge in [-0.2, -0.15) is 0 Å². The summed E-state index contributed by atoms with van der Waals surface area (Å²) in [5, 5.41) is 90.4. The molecule has 12 rings (SSSR count). The standard InChI is InChI=1S/C51H31N5O9/c57-41-37-38-40(44(60)48(64)46(62)42(38)58)56(39(37)43(59)47(63)45(41)61)30-20-10-19-29-34(30)26-16-7-8-18-28(26)55(29)31-21-11-23-33-36(31)35-27(17-9-22-32(35)65-33)51-53-49(24-12-3-1-4-13-24)52-50(54-51)25-14-5-2-6-15-25/h1-23,57-64H. The van der Waals surface area contributed by atoms with Crippen LogP contribution in [0.2, 0.25) is 0 Å². The van der Waals surface area contributed by atoms with Crippen LogP contribution in [0.25, 0.3) is 111 Å². The van der Waals surface area contributed by atoms with Crippen LogP contribution < -0.4 is 0 Å². The molecule has 0 aliphatic heterocycles. The van der Waals surface area contributed by atoms with Crippen molar-refractivity contribution in [1.82, 2.24) is 24.1 Å². The smallest absolute Gasteiger partial charge is 0.206 e. The van der Waals surface area contributed by atoms with E-state index in [1.807, 2.05) is 132 Å². The van der Waals surface area contributed by atoms with Gasteiger partial charge in [-0.05, 0) is 36.4 Å². The predicted molar refractivity (Wildman–Crippen MR) is 245 cm³/mol. The van der Waals surface area contributed by atoms with E-state index >= 15 is 0 Å². The van der Waals surface area contributed by atoms with E-state index in [4.69, 9.17) is 19.4 Å². The van der Waals surface area contributed by atoms with E-state index < -0.39 is 56.8 Å². The summed E-state index contributed by atoms with van der Waals surface area (Å²) in [4.78, 5) is 15.0. The van der Waals surface area contributed by atoms with E-state index in [9.17, 15) is 40.9 Å². The molecule has 14 nitrogen and oxygen atoms in total. The molecule has 12 aromatic rings. The van der Waals surface area contributed by atoms with Crippen LogP contribution in [-0.4, -0.2) is 64.9 Å². The maximum absolute atomic E-state index is 11.5. The summed E-state index contributed by atoms with van der Waals surface area (Å²) >= 11 is 0. The average molecular weight is 858 g/mol. The first-order chi connectivity index (χ1) is 31.6. The molecule has 14 heteroatoms. The molecule has 314 valence electrons. The largest absolute Gasteiger partial charge is 0.504 e. The van der Waals surface area contributed by atoms with Crippen LogP contribution in [0.4, 0.5) is 0 Å². The number of aromatic nitrogens is 5. The number of aromatic hydroxyl groups is 8. The van der Waals surface area contributed by atoms with Crippen LogP contribution in [0.3, 0.4) is 0 Å². The van der Waals surface area contributed by atoms with E-state index in [2.05, 4.69) is 0 Å². The van der Waals surface area contributed by atoms with Crippen LogP contribution in [0, 0.1) is 0 Å². The van der Waals surface area contributed by atoms with Gasteiger partial charge in [0, 0.05) is 32.8 Å². The van der Waals surface area contributed by atoms with Gasteiger partial charge < -0.3 is 54.4 Å². The monoisotopic (exact) mass is 857 g/mol. The fraction of sp³-hybridized carbons (Fsp3) is 0. The van der Waals surface area contributed by atoms with Crippen molar-refractivity contribution < 1.29 is 45.3 Å². The maximum Gasteiger partial charge on any atom is 0.206 e. The molecule has 0 saturated carbocycles. The van der Waals surface area contributed by atoms with Gasteiger partial charge in [0.1, 0.15) is 22.2 Å². The third-order valence-corrected chi connectivity index (χ3v) is 12.0. The Morgan fingerprint density at radius 3 is 1.40 bits per heavy atom. The molecule has 0 bridgehead atoms. The third-order valence-electron chi connectivity index (χ3n) is 12.0. The normalized spacial score (nSPS) is 11.9. The molecule has 0 aliphatic carbocycles. The van der Waals surface area contributed by atoms with Crippen molar-refractivity contribution in [3.05, 3.63) is 140 Å². The second-order valence-electron chi connectivity index (χ2n) is 15.6. The molecule has 8 N–H and O–H groups in total. The highest BCUT2D eigenvalue weighted by molar-refractivity contribution is 6.24. The lowest BCUT2D eigenvalue weighted by Crippen LogP contribution is -2.00. The van der Waals surface area contributed by atoms with Gasteiger partial charge in [0.2, 0.25) is 23.0 Å². The molecule has 0 atom stereocenters. The van der Waals surface area contributed by atoms with Crippen LogP contribution in [0.1, 0.15) is 0 Å². The summed E-state index contributed by atoms with van der Waals surface area (Å²) in [5.74, 6) is -6.75. The Morgan fingerprint density at radius 1 is 0.338 bits per heavy atom. The number of para-hydroxylation sites is 1. The highest BCUT2D eigenvalue weighted by atomic mass is 16.4. The summed E-state index contributed by atoms with van der Waals surface area (Å²) in [6, 6.07) is 43.6. The number of furan rings is 1. The van der Waals surface area contributed by atoms with Crippen LogP contribution in [0.15, 0.2) is 144 Å². The van der Waals surface area contributed by atoms with Gasteiger partial charge in [-0.3, -0.25) is 0 Å². The summed E-state index contributed by atoms with van der Waals surface area (Å²) in [6.45, 7) is 0. The number of hydrogen-bond donors (Lipinski definition) is 8. The van der Waals surface area contributed by atoms with E-state index in [1.165, 1.54) is 4.57 Å². The van der Waals surface area contributed by atoms with Gasteiger partial charge in [-0.1, -0.05) is 103 Å². The molecule has 4 aromatic heterocycles. The molecule has 0 amide bonds. The van der Waals surface area contributed by atoms with Gasteiger partial charge in [-0.15, -0.1) is 0 Å². The molecular formula is C51H31N5O9. The number of fused-ring (bicyclic) bond motifs is 9. The lowest BCUT2D eigenvalue weighted by molar-refractivity contribution is 0.350. The SMILES string of the molecule is Oc1c(O)c(O)c2c(c1O)c1c(O)c(O)c(O)c(O)c1n2-c1cccc2c1c1ccccc1n2-c1cccc2oc3cccc(-c4nc(-c5ccccc5)nc(-c5ccccc5)n4)c3c12. The molecule has 0 fully saturated rings. The first kappa shape index (κ1) is 37.3. The molecule has 0 saturated heterocycles. The average Bonchev–Trinajstić information content (AvgIpc) is 4.03. The molecule has 0 radical (unpaired) electrons. The van der Waals surface area contributed by atoms with E-state index in [-0.39, 0.29) is 16.7 Å². The quantitative estimate of drug-likeness (QED) is 0.0598. The van der Waals surface area contributed by atoms with Crippen molar-refractivity contribution in [2.45, 2.75) is 0 Å². The Balaban J connectivity index is 1.19. The van der Waals surface area contributed by atoms with Crippen LogP contribution in [-0.2, 0) is 0 Å². The fourth-order valence-corrected chi connectivity index (χ4v) is 9.23. The number of phenols is 8. The highest BCUT2D eigenvalue weighted by Crippen LogP contribution is 2.59. The van der Waals surface area contributed by atoms with Crippen molar-refractivity contribution in [2.24, 2.45) is 0 Å². The van der Waals surface area contributed by atoms with Crippen molar-refractivity contribution in [3.8, 4) is 91.5 Å². The fourth-order valence-electron chi connectivity index (χ4n) is 9.23. The van der Waals surface area contributed by atoms with Crippen LogP contribution in [0.5, 0.6) is 46.0 Å². The Hall–Kier alpha value is -9.43. The number of rotatable bonds is 5. The number of phenolic OH excluding ortho intramolecular Hbond substituents is 8.